The van der Waals surface area contributed by atoms with Gasteiger partial charge >= 0.3 is 5.97 Å². The first-order chi connectivity index (χ1) is 14.1. The Bertz CT molecular complexity index is 870. The molecule has 0 spiro atoms. The molecular weight excluding hydrogens is 360 g/mol. The number of rotatable bonds is 5. The molecule has 3 fully saturated rings. The van der Waals surface area contributed by atoms with Crippen LogP contribution in [0.15, 0.2) is 48.5 Å². The van der Waals surface area contributed by atoms with Gasteiger partial charge in [-0.1, -0.05) is 47.5 Å². The van der Waals surface area contributed by atoms with Crippen LogP contribution in [0.5, 0.6) is 0 Å². The number of fused-ring (bicyclic) bond motifs is 5. The van der Waals surface area contributed by atoms with Crippen LogP contribution >= 0.6 is 0 Å². The molecule has 152 valence electrons. The molecule has 3 heteroatoms. The lowest BCUT2D eigenvalue weighted by atomic mass is 9.81. The van der Waals surface area contributed by atoms with Gasteiger partial charge in [-0.25, -0.2) is 4.79 Å². The van der Waals surface area contributed by atoms with Gasteiger partial charge in [-0.15, -0.1) is 0 Å². The highest BCUT2D eigenvalue weighted by atomic mass is 16.6. The van der Waals surface area contributed by atoms with Crippen LogP contribution in [0, 0.1) is 37.5 Å². The summed E-state index contributed by atoms with van der Waals surface area (Å²) >= 11 is 0. The second-order valence-corrected chi connectivity index (χ2v) is 9.38. The van der Waals surface area contributed by atoms with E-state index < -0.39 is 0 Å². The first-order valence-corrected chi connectivity index (χ1v) is 11.0. The molecular formula is C26H30O3. The van der Waals surface area contributed by atoms with Crippen molar-refractivity contribution in [2.75, 3.05) is 0 Å². The number of esters is 1. The summed E-state index contributed by atoms with van der Waals surface area (Å²) in [5, 5.41) is 0. The van der Waals surface area contributed by atoms with Crippen molar-refractivity contribution in [1.82, 2.24) is 0 Å². The summed E-state index contributed by atoms with van der Waals surface area (Å²) in [6.45, 7) is 4.71. The third kappa shape index (κ3) is 3.61. The SMILES string of the molecule is Cc1ccc(COC2CC3C4CCC(C4)C3C2OC(=O)c2ccc(C)cc2)cc1. The molecule has 3 aliphatic carbocycles. The minimum absolute atomic E-state index is 0.00380. The number of ether oxygens (including phenoxy) is 2. The van der Waals surface area contributed by atoms with E-state index in [0.29, 0.717) is 29.9 Å². The average molecular weight is 391 g/mol. The molecule has 2 aromatic rings. The number of hydrogen-bond acceptors (Lipinski definition) is 3. The standard InChI is InChI=1S/C26H30O3/c1-16-3-7-18(8-4-16)15-28-23-14-22-20-11-12-21(13-20)24(22)25(23)29-26(27)19-9-5-17(2)6-10-19/h3-10,20-25H,11-15H2,1-2H3. The van der Waals surface area contributed by atoms with Gasteiger partial charge in [-0.2, -0.15) is 0 Å². The molecule has 6 unspecified atom stereocenters. The first-order valence-electron chi connectivity index (χ1n) is 11.0. The fourth-order valence-electron chi connectivity index (χ4n) is 6.05. The molecule has 0 aliphatic heterocycles. The average Bonchev–Trinajstić information content (AvgIpc) is 3.41. The maximum Gasteiger partial charge on any atom is 0.338 e. The maximum atomic E-state index is 12.9. The molecule has 3 saturated carbocycles. The van der Waals surface area contributed by atoms with Crippen LogP contribution in [0.25, 0.3) is 0 Å². The minimum atomic E-state index is -0.206. The minimum Gasteiger partial charge on any atom is -0.456 e. The van der Waals surface area contributed by atoms with Crippen LogP contribution in [0.3, 0.4) is 0 Å². The number of aryl methyl sites for hydroxylation is 2. The van der Waals surface area contributed by atoms with Gasteiger partial charge in [0.1, 0.15) is 6.10 Å². The zero-order valence-electron chi connectivity index (χ0n) is 17.3. The van der Waals surface area contributed by atoms with Crippen molar-refractivity contribution in [2.24, 2.45) is 23.7 Å². The Morgan fingerprint density at radius 2 is 1.55 bits per heavy atom. The highest BCUT2D eigenvalue weighted by Crippen LogP contribution is 2.60. The topological polar surface area (TPSA) is 35.5 Å². The van der Waals surface area contributed by atoms with E-state index in [1.165, 1.54) is 30.4 Å². The second kappa shape index (κ2) is 7.60. The van der Waals surface area contributed by atoms with Crippen LogP contribution in [0.2, 0.25) is 0 Å². The summed E-state index contributed by atoms with van der Waals surface area (Å²) < 4.78 is 12.5. The van der Waals surface area contributed by atoms with Crippen LogP contribution < -0.4 is 0 Å². The van der Waals surface area contributed by atoms with Crippen molar-refractivity contribution >= 4 is 5.97 Å². The quantitative estimate of drug-likeness (QED) is 0.634. The highest BCUT2D eigenvalue weighted by molar-refractivity contribution is 5.89. The van der Waals surface area contributed by atoms with E-state index in [9.17, 15) is 4.79 Å². The molecule has 0 amide bonds. The van der Waals surface area contributed by atoms with E-state index in [-0.39, 0.29) is 18.2 Å². The first kappa shape index (κ1) is 18.9. The molecule has 2 aromatic carbocycles. The predicted molar refractivity (Wildman–Crippen MR) is 113 cm³/mol. The lowest BCUT2D eigenvalue weighted by Gasteiger charge is -2.29. The predicted octanol–water partition coefficient (Wildman–Crippen LogP) is 5.48. The van der Waals surface area contributed by atoms with Gasteiger partial charge in [0.2, 0.25) is 0 Å². The van der Waals surface area contributed by atoms with E-state index in [4.69, 9.17) is 9.47 Å². The van der Waals surface area contributed by atoms with E-state index in [2.05, 4.69) is 31.2 Å². The van der Waals surface area contributed by atoms with Gasteiger partial charge in [0.15, 0.2) is 0 Å². The Morgan fingerprint density at radius 1 is 0.897 bits per heavy atom. The molecule has 0 aromatic heterocycles. The Hall–Kier alpha value is -2.13. The van der Waals surface area contributed by atoms with Crippen LogP contribution in [-0.2, 0) is 16.1 Å². The number of benzene rings is 2. The van der Waals surface area contributed by atoms with Crippen molar-refractivity contribution in [2.45, 2.75) is 58.3 Å². The summed E-state index contributed by atoms with van der Waals surface area (Å²) in [6, 6.07) is 16.2. The molecule has 0 saturated heterocycles. The molecule has 3 aliphatic rings. The summed E-state index contributed by atoms with van der Waals surface area (Å²) in [4.78, 5) is 12.9. The lowest BCUT2D eigenvalue weighted by Crippen LogP contribution is -2.36. The Labute approximate surface area is 173 Å². The molecule has 29 heavy (non-hydrogen) atoms. The maximum absolute atomic E-state index is 12.9. The number of carbonyl (C=O) groups excluding carboxylic acids is 1. The second-order valence-electron chi connectivity index (χ2n) is 9.38. The Balaban J connectivity index is 1.32. The van der Waals surface area contributed by atoms with Crippen LogP contribution in [-0.4, -0.2) is 18.2 Å². The van der Waals surface area contributed by atoms with Crippen molar-refractivity contribution in [3.63, 3.8) is 0 Å². The summed E-state index contributed by atoms with van der Waals surface area (Å²) in [5.41, 5.74) is 4.22. The van der Waals surface area contributed by atoms with Gasteiger partial charge in [0.05, 0.1) is 18.3 Å². The van der Waals surface area contributed by atoms with Gasteiger partial charge in [0, 0.05) is 5.92 Å². The van der Waals surface area contributed by atoms with Crippen molar-refractivity contribution in [3.8, 4) is 0 Å². The van der Waals surface area contributed by atoms with Crippen LogP contribution in [0.1, 0.15) is 52.7 Å². The van der Waals surface area contributed by atoms with Crippen molar-refractivity contribution < 1.29 is 14.3 Å². The smallest absolute Gasteiger partial charge is 0.338 e. The zero-order valence-corrected chi connectivity index (χ0v) is 17.3. The Kier molecular flexibility index (Phi) is 4.95. The molecule has 0 N–H and O–H groups in total. The van der Waals surface area contributed by atoms with Gasteiger partial charge in [-0.3, -0.25) is 0 Å². The van der Waals surface area contributed by atoms with E-state index in [1.807, 2.05) is 31.2 Å². The monoisotopic (exact) mass is 390 g/mol. The van der Waals surface area contributed by atoms with Crippen LogP contribution in [0.4, 0.5) is 0 Å². The third-order valence-corrected chi connectivity index (χ3v) is 7.52. The largest absolute Gasteiger partial charge is 0.456 e. The normalized spacial score (nSPS) is 32.3. The zero-order chi connectivity index (χ0) is 20.0. The fraction of sp³-hybridized carbons (Fsp3) is 0.500. The van der Waals surface area contributed by atoms with Gasteiger partial charge in [-0.05, 0) is 75.0 Å². The van der Waals surface area contributed by atoms with Gasteiger partial charge in [0.25, 0.3) is 0 Å². The number of hydrogen-bond donors (Lipinski definition) is 0. The van der Waals surface area contributed by atoms with E-state index in [0.717, 1.165) is 17.9 Å². The number of carbonyl (C=O) groups is 1. The van der Waals surface area contributed by atoms with E-state index in [1.54, 1.807) is 0 Å². The van der Waals surface area contributed by atoms with E-state index >= 15 is 0 Å². The molecule has 6 atom stereocenters. The molecule has 5 rings (SSSR count). The highest BCUT2D eigenvalue weighted by Gasteiger charge is 2.58. The Morgan fingerprint density at radius 3 is 2.28 bits per heavy atom. The molecule has 0 heterocycles. The summed E-state index contributed by atoms with van der Waals surface area (Å²) in [7, 11) is 0. The molecule has 3 nitrogen and oxygen atoms in total. The summed E-state index contributed by atoms with van der Waals surface area (Å²) in [5.74, 6) is 2.44. The molecule has 2 bridgehead atoms. The molecule has 0 radical (unpaired) electrons. The van der Waals surface area contributed by atoms with Gasteiger partial charge < -0.3 is 9.47 Å². The lowest BCUT2D eigenvalue weighted by molar-refractivity contribution is -0.0621. The fourth-order valence-corrected chi connectivity index (χ4v) is 6.05. The summed E-state index contributed by atoms with van der Waals surface area (Å²) in [6.07, 6.45) is 4.87. The van der Waals surface area contributed by atoms with Crippen molar-refractivity contribution in [1.29, 1.82) is 0 Å². The van der Waals surface area contributed by atoms with Crippen molar-refractivity contribution in [3.05, 3.63) is 70.8 Å². The third-order valence-electron chi connectivity index (χ3n) is 7.52.